The summed E-state index contributed by atoms with van der Waals surface area (Å²) in [6, 6.07) is 16.6. The van der Waals surface area contributed by atoms with Crippen molar-refractivity contribution in [1.82, 2.24) is 10.2 Å². The third-order valence-corrected chi connectivity index (χ3v) is 7.95. The molecule has 1 saturated carbocycles. The number of ether oxygens (including phenoxy) is 2. The lowest BCUT2D eigenvalue weighted by atomic mass is 10.0. The van der Waals surface area contributed by atoms with Crippen molar-refractivity contribution in [3.63, 3.8) is 0 Å². The van der Waals surface area contributed by atoms with Gasteiger partial charge in [0.1, 0.15) is 35.6 Å². The number of benzene rings is 3. The van der Waals surface area contributed by atoms with Crippen molar-refractivity contribution in [2.45, 2.75) is 44.9 Å². The van der Waals surface area contributed by atoms with E-state index in [9.17, 15) is 23.1 Å². The summed E-state index contributed by atoms with van der Waals surface area (Å²) in [4.78, 5) is 13.8. The van der Waals surface area contributed by atoms with E-state index in [2.05, 4.69) is 19.2 Å². The molecule has 0 bridgehead atoms. The molecule has 1 aliphatic heterocycles. The van der Waals surface area contributed by atoms with E-state index < -0.39 is 29.5 Å². The molecule has 1 saturated heterocycles. The number of carboxylic acid groups (broad SMARTS) is 1. The van der Waals surface area contributed by atoms with Crippen LogP contribution in [-0.2, 0) is 17.8 Å². The summed E-state index contributed by atoms with van der Waals surface area (Å²) < 4.78 is 52.6. The molecule has 1 aliphatic carbocycles. The number of aliphatic carboxylic acids is 1. The van der Waals surface area contributed by atoms with Crippen molar-refractivity contribution in [1.29, 1.82) is 0 Å². The fraction of sp³-hybridized carbons (Fsp3) is 0.406. The third-order valence-electron chi connectivity index (χ3n) is 7.95. The molecule has 11 heteroatoms. The molecule has 2 fully saturated rings. The summed E-state index contributed by atoms with van der Waals surface area (Å²) >= 11 is 0. The van der Waals surface area contributed by atoms with Crippen molar-refractivity contribution in [3.8, 4) is 11.5 Å². The van der Waals surface area contributed by atoms with E-state index in [0.29, 0.717) is 48.4 Å². The minimum absolute atomic E-state index is 0. The Morgan fingerprint density at radius 3 is 2.09 bits per heavy atom. The van der Waals surface area contributed by atoms with Crippen molar-refractivity contribution < 1.29 is 32.5 Å². The number of carboxylic acids is 1. The number of nitrogens with zero attached hydrogens (tertiary/aromatic N) is 1. The number of likely N-dealkylation sites (tertiary alicyclic amines) is 1. The van der Waals surface area contributed by atoms with Crippen LogP contribution in [0, 0.1) is 29.3 Å². The van der Waals surface area contributed by atoms with E-state index in [4.69, 9.17) is 9.47 Å². The predicted molar refractivity (Wildman–Crippen MR) is 163 cm³/mol. The van der Waals surface area contributed by atoms with Gasteiger partial charge in [0.15, 0.2) is 6.10 Å². The summed E-state index contributed by atoms with van der Waals surface area (Å²) in [7, 11) is 0. The fourth-order valence-corrected chi connectivity index (χ4v) is 5.60. The molecule has 0 amide bonds. The minimum Gasteiger partial charge on any atom is -0.492 e. The number of hydrogen-bond donors (Lipinski definition) is 2. The summed E-state index contributed by atoms with van der Waals surface area (Å²) in [6.45, 7) is 6.95. The topological polar surface area (TPSA) is 71.0 Å². The molecule has 3 aromatic rings. The first-order valence-electron chi connectivity index (χ1n) is 14.0. The lowest BCUT2D eigenvalue weighted by Gasteiger charge is -2.20. The number of fused-ring (bicyclic) bond motifs is 1. The van der Waals surface area contributed by atoms with Gasteiger partial charge in [0, 0.05) is 56.3 Å². The lowest BCUT2D eigenvalue weighted by Crippen LogP contribution is -2.33. The average Bonchev–Trinajstić information content (AvgIpc) is 3.38. The van der Waals surface area contributed by atoms with Gasteiger partial charge in [-0.2, -0.15) is 0 Å². The van der Waals surface area contributed by atoms with Crippen molar-refractivity contribution >= 4 is 30.8 Å². The number of hydrogen-bond acceptors (Lipinski definition) is 5. The zero-order valence-electron chi connectivity index (χ0n) is 24.0. The fourth-order valence-electron chi connectivity index (χ4n) is 5.60. The molecule has 43 heavy (non-hydrogen) atoms. The normalized spacial score (nSPS) is 19.6. The minimum atomic E-state index is -1.02. The number of halogens is 5. The Hall–Kier alpha value is -2.98. The molecule has 0 spiro atoms. The molecule has 234 valence electrons. The van der Waals surface area contributed by atoms with Crippen LogP contribution in [0.1, 0.15) is 36.5 Å². The van der Waals surface area contributed by atoms with E-state index in [0.717, 1.165) is 36.3 Å². The Labute approximate surface area is 262 Å². The van der Waals surface area contributed by atoms with Crippen molar-refractivity contribution in [2.24, 2.45) is 11.8 Å². The SMILES string of the molecule is CC(C)c1ccc(O[C@@H](Cc2ccc(OCCN[C@H]3C4CN(Cc5c(F)cc(F)cc5F)C[C@@H]43)cc2)C(=O)O)cc1.Cl.Cl. The molecule has 1 heterocycles. The number of nitrogens with one attached hydrogen (secondary N) is 1. The van der Waals surface area contributed by atoms with E-state index in [1.807, 2.05) is 41.3 Å². The van der Waals surface area contributed by atoms with Crippen molar-refractivity contribution in [3.05, 3.63) is 94.8 Å². The van der Waals surface area contributed by atoms with Crippen molar-refractivity contribution in [2.75, 3.05) is 26.2 Å². The average molecular weight is 642 g/mol. The molecule has 2 N–H and O–H groups in total. The Balaban J connectivity index is 0.00000253. The first-order chi connectivity index (χ1) is 19.7. The van der Waals surface area contributed by atoms with E-state index in [1.165, 1.54) is 0 Å². The van der Waals surface area contributed by atoms with Gasteiger partial charge in [-0.1, -0.05) is 38.1 Å². The van der Waals surface area contributed by atoms with Gasteiger partial charge < -0.3 is 19.9 Å². The second-order valence-corrected chi connectivity index (χ2v) is 11.2. The molecular weight excluding hydrogens is 604 g/mol. The predicted octanol–water partition coefficient (Wildman–Crippen LogP) is 6.24. The monoisotopic (exact) mass is 640 g/mol. The van der Waals surface area contributed by atoms with Crippen LogP contribution in [0.5, 0.6) is 11.5 Å². The molecule has 6 nitrogen and oxygen atoms in total. The van der Waals surface area contributed by atoms with E-state index >= 15 is 0 Å². The van der Waals surface area contributed by atoms with Gasteiger partial charge in [-0.15, -0.1) is 24.8 Å². The molecule has 5 rings (SSSR count). The highest BCUT2D eigenvalue weighted by Gasteiger charge is 2.55. The van der Waals surface area contributed by atoms with Crippen LogP contribution in [0.15, 0.2) is 60.7 Å². The van der Waals surface area contributed by atoms with Gasteiger partial charge >= 0.3 is 5.97 Å². The van der Waals surface area contributed by atoms with Crippen LogP contribution in [0.4, 0.5) is 13.2 Å². The molecule has 0 radical (unpaired) electrons. The maximum Gasteiger partial charge on any atom is 0.345 e. The van der Waals surface area contributed by atoms with Gasteiger partial charge in [0.2, 0.25) is 0 Å². The largest absolute Gasteiger partial charge is 0.492 e. The smallest absolute Gasteiger partial charge is 0.345 e. The molecule has 2 aliphatic rings. The van der Waals surface area contributed by atoms with Gasteiger partial charge in [-0.25, -0.2) is 18.0 Å². The molecule has 4 atom stereocenters. The van der Waals surface area contributed by atoms with Crippen LogP contribution in [-0.4, -0.2) is 54.4 Å². The Morgan fingerprint density at radius 2 is 1.53 bits per heavy atom. The second kappa shape index (κ2) is 15.1. The Kier molecular flexibility index (Phi) is 12.2. The third kappa shape index (κ3) is 8.79. The molecular formula is C32H37Cl2F3N2O4. The standard InChI is InChI=1S/C32H35F3N2O4.2ClH/c1-19(2)21-5-9-24(10-6-21)41-30(32(38)39)13-20-3-7-23(8-4-20)40-12-11-36-31-25-16-37(17-26(25)31)18-27-28(34)14-22(33)15-29(27)35;;/h3-10,14-15,19,25-26,30-31,36H,11-13,16-18H2,1-2H3,(H,38,39);2*1H/t25-,26?,30-,31+;;/m0../s1. The molecule has 1 unspecified atom stereocenters. The first-order valence-corrected chi connectivity index (χ1v) is 14.0. The van der Waals surface area contributed by atoms with E-state index in [1.54, 1.807) is 12.1 Å². The van der Waals surface area contributed by atoms with E-state index in [-0.39, 0.29) is 43.3 Å². The second-order valence-electron chi connectivity index (χ2n) is 11.2. The molecule has 3 aromatic carbocycles. The zero-order valence-corrected chi connectivity index (χ0v) is 25.6. The van der Waals surface area contributed by atoms with Gasteiger partial charge in [0.25, 0.3) is 0 Å². The van der Waals surface area contributed by atoms with Gasteiger partial charge in [-0.05, 0) is 53.1 Å². The quantitative estimate of drug-likeness (QED) is 0.215. The first kappa shape index (κ1) is 34.5. The summed E-state index contributed by atoms with van der Waals surface area (Å²) in [5.74, 6) is -1.15. The number of rotatable bonds is 13. The maximum absolute atomic E-state index is 14.0. The lowest BCUT2D eigenvalue weighted by molar-refractivity contribution is -0.145. The van der Waals surface area contributed by atoms with Crippen LogP contribution < -0.4 is 14.8 Å². The highest BCUT2D eigenvalue weighted by Crippen LogP contribution is 2.46. The summed E-state index contributed by atoms with van der Waals surface area (Å²) in [5, 5.41) is 13.2. The molecule has 0 aromatic heterocycles. The van der Waals surface area contributed by atoms with Crippen LogP contribution >= 0.6 is 24.8 Å². The highest BCUT2D eigenvalue weighted by molar-refractivity contribution is 5.85. The van der Waals surface area contributed by atoms with Crippen LogP contribution in [0.2, 0.25) is 0 Å². The van der Waals surface area contributed by atoms with Crippen LogP contribution in [0.3, 0.4) is 0 Å². The zero-order chi connectivity index (χ0) is 29.1. The van der Waals surface area contributed by atoms with Crippen LogP contribution in [0.25, 0.3) is 0 Å². The highest BCUT2D eigenvalue weighted by atomic mass is 35.5. The Bertz CT molecular complexity index is 1330. The van der Waals surface area contributed by atoms with Gasteiger partial charge in [0.05, 0.1) is 0 Å². The van der Waals surface area contributed by atoms with Gasteiger partial charge in [-0.3, -0.25) is 4.90 Å². The number of carbonyl (C=O) groups is 1. The number of piperidine rings is 1. The Morgan fingerprint density at radius 1 is 0.953 bits per heavy atom. The maximum atomic E-state index is 14.0. The summed E-state index contributed by atoms with van der Waals surface area (Å²) in [6.07, 6.45) is -0.774. The summed E-state index contributed by atoms with van der Waals surface area (Å²) in [5.41, 5.74) is 1.91.